The highest BCUT2D eigenvalue weighted by molar-refractivity contribution is 7.89. The summed E-state index contributed by atoms with van der Waals surface area (Å²) >= 11 is 0. The van der Waals surface area contributed by atoms with Crippen LogP contribution in [-0.2, 0) is 14.8 Å². The van der Waals surface area contributed by atoms with Gasteiger partial charge in [-0.15, -0.1) is 0 Å². The Morgan fingerprint density at radius 2 is 1.76 bits per heavy atom. The van der Waals surface area contributed by atoms with Crippen molar-refractivity contribution in [3.63, 3.8) is 0 Å². The van der Waals surface area contributed by atoms with Crippen molar-refractivity contribution in [3.05, 3.63) is 30.3 Å². The van der Waals surface area contributed by atoms with E-state index in [2.05, 4.69) is 11.6 Å². The average molecular weight is 492 g/mol. The predicted molar refractivity (Wildman–Crippen MR) is 128 cm³/mol. The van der Waals surface area contributed by atoms with Crippen LogP contribution < -0.4 is 4.72 Å². The number of carbonyl (C=O) groups excluding carboxylic acids is 1. The molecule has 4 fully saturated rings. The standard InChI is InChI=1S/C27H38FNO4S/c1-25(31)14-15-27(28)18(16-25)8-9-20-21-10-11-23(26(21,2)13-12-22(20)27)24(30)17-29-34(32,33)19-6-4-3-5-7-19/h3-7,18,20-23,29,31H,8-17H2,1-2H3/t18-,20+,21+,22+,23-,25-,26+,27-/m1/s1. The smallest absolute Gasteiger partial charge is 0.240 e. The van der Waals surface area contributed by atoms with Crippen molar-refractivity contribution < 1.29 is 22.7 Å². The number of benzene rings is 1. The first kappa shape index (κ1) is 24.4. The van der Waals surface area contributed by atoms with Crippen molar-refractivity contribution in [1.82, 2.24) is 4.72 Å². The monoisotopic (exact) mass is 491 g/mol. The van der Waals surface area contributed by atoms with Gasteiger partial charge in [-0.2, -0.15) is 0 Å². The van der Waals surface area contributed by atoms with E-state index in [0.29, 0.717) is 25.2 Å². The molecule has 5 rings (SSSR count). The second kappa shape index (κ2) is 8.38. The number of aliphatic hydroxyl groups is 1. The van der Waals surface area contributed by atoms with Crippen molar-refractivity contribution in [2.75, 3.05) is 6.54 Å². The van der Waals surface area contributed by atoms with E-state index in [4.69, 9.17) is 0 Å². The van der Waals surface area contributed by atoms with Crippen LogP contribution in [0.25, 0.3) is 0 Å². The molecular formula is C27H38FNO4S. The Bertz CT molecular complexity index is 1040. The average Bonchev–Trinajstić information content (AvgIpc) is 3.16. The number of hydrogen-bond acceptors (Lipinski definition) is 4. The van der Waals surface area contributed by atoms with Gasteiger partial charge in [-0.25, -0.2) is 17.5 Å². The number of hydrogen-bond donors (Lipinski definition) is 2. The van der Waals surface area contributed by atoms with Crippen molar-refractivity contribution >= 4 is 15.8 Å². The van der Waals surface area contributed by atoms with Gasteiger partial charge in [0, 0.05) is 5.92 Å². The molecule has 2 N–H and O–H groups in total. The fourth-order valence-electron chi connectivity index (χ4n) is 8.48. The lowest BCUT2D eigenvalue weighted by Gasteiger charge is -2.59. The Kier molecular flexibility index (Phi) is 6.01. The molecule has 0 saturated heterocycles. The summed E-state index contributed by atoms with van der Waals surface area (Å²) in [7, 11) is -3.72. The molecule has 5 nitrogen and oxygen atoms in total. The van der Waals surface area contributed by atoms with Crippen LogP contribution >= 0.6 is 0 Å². The normalized spacial score (nSPS) is 44.1. The van der Waals surface area contributed by atoms with E-state index in [9.17, 15) is 18.3 Å². The minimum atomic E-state index is -3.72. The number of Topliss-reactive ketones (excluding diaryl/α,β-unsaturated/α-hetero) is 1. The predicted octanol–water partition coefficient (Wildman–Crippen LogP) is 4.65. The van der Waals surface area contributed by atoms with Gasteiger partial charge in [-0.05, 0) is 106 Å². The summed E-state index contributed by atoms with van der Waals surface area (Å²) in [5.41, 5.74) is -2.14. The highest BCUT2D eigenvalue weighted by Crippen LogP contribution is 2.66. The first-order valence-corrected chi connectivity index (χ1v) is 14.4. The van der Waals surface area contributed by atoms with Crippen molar-refractivity contribution in [3.8, 4) is 0 Å². The van der Waals surface area contributed by atoms with Crippen LogP contribution in [0, 0.1) is 35.0 Å². The molecule has 0 aromatic heterocycles. The summed E-state index contributed by atoms with van der Waals surface area (Å²) in [5, 5.41) is 10.5. The van der Waals surface area contributed by atoms with E-state index in [0.717, 1.165) is 38.5 Å². The molecule has 7 heteroatoms. The van der Waals surface area contributed by atoms with E-state index in [-0.39, 0.29) is 46.3 Å². The number of ketones is 1. The number of carbonyl (C=O) groups is 1. The molecule has 4 aliphatic carbocycles. The van der Waals surface area contributed by atoms with Crippen LogP contribution in [-0.4, -0.2) is 37.1 Å². The number of nitrogens with one attached hydrogen (secondary N) is 1. The quantitative estimate of drug-likeness (QED) is 0.628. The van der Waals surface area contributed by atoms with Gasteiger partial charge in [0.25, 0.3) is 0 Å². The third-order valence-corrected chi connectivity index (χ3v) is 11.6. The molecule has 0 heterocycles. The van der Waals surface area contributed by atoms with Crippen LogP contribution in [0.5, 0.6) is 0 Å². The molecule has 0 aliphatic heterocycles. The Morgan fingerprint density at radius 1 is 1.03 bits per heavy atom. The highest BCUT2D eigenvalue weighted by atomic mass is 32.2. The molecular weight excluding hydrogens is 453 g/mol. The molecule has 0 radical (unpaired) electrons. The second-order valence-electron chi connectivity index (χ2n) is 12.1. The molecule has 4 saturated carbocycles. The third-order valence-electron chi connectivity index (χ3n) is 10.2. The molecule has 0 amide bonds. The van der Waals surface area contributed by atoms with Crippen molar-refractivity contribution in [1.29, 1.82) is 0 Å². The third kappa shape index (κ3) is 3.96. The zero-order chi connectivity index (χ0) is 24.4. The van der Waals surface area contributed by atoms with Crippen molar-refractivity contribution in [2.24, 2.45) is 35.0 Å². The Hall–Kier alpha value is -1.31. The molecule has 34 heavy (non-hydrogen) atoms. The van der Waals surface area contributed by atoms with Gasteiger partial charge in [0.1, 0.15) is 5.67 Å². The maximum Gasteiger partial charge on any atom is 0.240 e. The van der Waals surface area contributed by atoms with Crippen LogP contribution in [0.1, 0.15) is 71.6 Å². The van der Waals surface area contributed by atoms with E-state index >= 15 is 4.39 Å². The molecule has 0 unspecified atom stereocenters. The zero-order valence-electron chi connectivity index (χ0n) is 20.3. The lowest BCUT2D eigenvalue weighted by atomic mass is 9.48. The van der Waals surface area contributed by atoms with E-state index in [1.54, 1.807) is 18.2 Å². The first-order chi connectivity index (χ1) is 16.0. The summed E-state index contributed by atoms with van der Waals surface area (Å²) in [6.07, 6.45) is 6.58. The highest BCUT2D eigenvalue weighted by Gasteiger charge is 2.63. The Morgan fingerprint density at radius 3 is 2.50 bits per heavy atom. The van der Waals surface area contributed by atoms with Gasteiger partial charge in [-0.1, -0.05) is 25.1 Å². The SMILES string of the molecule is C[C@@]1(O)CC[C@@]2(F)[C@H](CC[C@H]3[C@@H]4CC[C@H](C(=O)CNS(=O)(=O)c5ccccc5)[C@@]4(C)CC[C@@H]32)C1. The Balaban J connectivity index is 1.29. The van der Waals surface area contributed by atoms with Gasteiger partial charge in [0.2, 0.25) is 10.0 Å². The van der Waals surface area contributed by atoms with Crippen LogP contribution in [0.15, 0.2) is 35.2 Å². The molecule has 188 valence electrons. The fourth-order valence-corrected chi connectivity index (χ4v) is 9.49. The largest absolute Gasteiger partial charge is 0.390 e. The minimum Gasteiger partial charge on any atom is -0.390 e. The van der Waals surface area contributed by atoms with Gasteiger partial charge < -0.3 is 5.11 Å². The summed E-state index contributed by atoms with van der Waals surface area (Å²) in [5.74, 6) is 0.320. The van der Waals surface area contributed by atoms with Crippen LogP contribution in [0.4, 0.5) is 4.39 Å². The van der Waals surface area contributed by atoms with Gasteiger partial charge in [0.15, 0.2) is 5.78 Å². The second-order valence-corrected chi connectivity index (χ2v) is 13.8. The fraction of sp³-hybridized carbons (Fsp3) is 0.741. The van der Waals surface area contributed by atoms with Gasteiger partial charge in [0.05, 0.1) is 17.0 Å². The van der Waals surface area contributed by atoms with E-state index < -0.39 is 21.3 Å². The molecule has 1 aromatic carbocycles. The van der Waals surface area contributed by atoms with E-state index in [1.165, 1.54) is 12.1 Å². The maximum atomic E-state index is 16.5. The lowest BCUT2D eigenvalue weighted by molar-refractivity contribution is -0.165. The summed E-state index contributed by atoms with van der Waals surface area (Å²) in [4.78, 5) is 13.4. The number of fused-ring (bicyclic) bond motifs is 5. The number of alkyl halides is 1. The summed E-state index contributed by atoms with van der Waals surface area (Å²) in [6, 6.07) is 8.13. The Labute approximate surface area is 203 Å². The van der Waals surface area contributed by atoms with Crippen LogP contribution in [0.2, 0.25) is 0 Å². The number of rotatable bonds is 5. The zero-order valence-corrected chi connectivity index (χ0v) is 21.1. The lowest BCUT2D eigenvalue weighted by Crippen LogP contribution is -2.58. The summed E-state index contributed by atoms with van der Waals surface area (Å²) < 4.78 is 44.2. The molecule has 1 aromatic rings. The number of sulfonamides is 1. The molecule has 0 spiro atoms. The topological polar surface area (TPSA) is 83.5 Å². The van der Waals surface area contributed by atoms with E-state index in [1.807, 2.05) is 6.92 Å². The van der Waals surface area contributed by atoms with Gasteiger partial charge in [-0.3, -0.25) is 4.79 Å². The minimum absolute atomic E-state index is 0.0193. The molecule has 8 atom stereocenters. The van der Waals surface area contributed by atoms with Crippen molar-refractivity contribution in [2.45, 2.75) is 87.8 Å². The molecule has 4 aliphatic rings. The van der Waals surface area contributed by atoms with Crippen LogP contribution in [0.3, 0.4) is 0 Å². The van der Waals surface area contributed by atoms with Gasteiger partial charge >= 0.3 is 0 Å². The first-order valence-electron chi connectivity index (χ1n) is 12.9. The number of halogens is 1. The summed E-state index contributed by atoms with van der Waals surface area (Å²) in [6.45, 7) is 3.84. The molecule has 0 bridgehead atoms. The maximum absolute atomic E-state index is 16.5.